The molecule has 2 rings (SSSR count). The lowest BCUT2D eigenvalue weighted by atomic mass is 9.96. The maximum absolute atomic E-state index is 11.8. The molecular weight excluding hydrogens is 290 g/mol. The van der Waals surface area contributed by atoms with Gasteiger partial charge in [0.05, 0.1) is 17.9 Å². The second-order valence-electron chi connectivity index (χ2n) is 4.16. The quantitative estimate of drug-likeness (QED) is 0.883. The fraction of sp³-hybridized carbons (Fsp3) is 0.545. The molecule has 0 aliphatic carbocycles. The van der Waals surface area contributed by atoms with Crippen LogP contribution in [-0.4, -0.2) is 35.9 Å². The van der Waals surface area contributed by atoms with Gasteiger partial charge in [-0.1, -0.05) is 0 Å². The maximum Gasteiger partial charge on any atom is 0.255 e. The highest BCUT2D eigenvalue weighted by atomic mass is 79.9. The Morgan fingerprint density at radius 1 is 1.76 bits per heavy atom. The van der Waals surface area contributed by atoms with Gasteiger partial charge in [0, 0.05) is 19.6 Å². The van der Waals surface area contributed by atoms with E-state index in [1.54, 1.807) is 13.0 Å². The van der Waals surface area contributed by atoms with Gasteiger partial charge in [-0.05, 0) is 28.9 Å². The number of ether oxygens (including phenoxy) is 1. The van der Waals surface area contributed by atoms with Gasteiger partial charge in [-0.2, -0.15) is 0 Å². The van der Waals surface area contributed by atoms with Crippen LogP contribution in [0, 0.1) is 0 Å². The molecule has 0 aromatic carbocycles. The highest BCUT2D eigenvalue weighted by molar-refractivity contribution is 9.10. The van der Waals surface area contributed by atoms with Crippen LogP contribution in [0.2, 0.25) is 0 Å². The molecule has 0 bridgehead atoms. The first-order valence-corrected chi connectivity index (χ1v) is 6.17. The fourth-order valence-corrected chi connectivity index (χ4v) is 2.21. The van der Waals surface area contributed by atoms with Crippen LogP contribution in [0.3, 0.4) is 0 Å². The molecule has 1 saturated heterocycles. The Hall–Kier alpha value is -0.850. The third-order valence-electron chi connectivity index (χ3n) is 3.08. The maximum atomic E-state index is 11.8. The van der Waals surface area contributed by atoms with Crippen molar-refractivity contribution < 1.29 is 19.1 Å². The summed E-state index contributed by atoms with van der Waals surface area (Å²) in [6, 6.07) is 1.57. The van der Waals surface area contributed by atoms with Gasteiger partial charge in [0.15, 0.2) is 4.67 Å². The molecule has 5 nitrogen and oxygen atoms in total. The van der Waals surface area contributed by atoms with Gasteiger partial charge in [0.1, 0.15) is 5.60 Å². The number of furan rings is 1. The lowest BCUT2D eigenvalue weighted by Gasteiger charge is -2.25. The number of hydrogen-bond donors (Lipinski definition) is 2. The molecule has 0 saturated carbocycles. The number of carbonyl (C=O) groups is 1. The van der Waals surface area contributed by atoms with Crippen LogP contribution < -0.4 is 5.32 Å². The number of halogens is 1. The van der Waals surface area contributed by atoms with Crippen LogP contribution in [0.4, 0.5) is 0 Å². The van der Waals surface area contributed by atoms with Crippen LogP contribution >= 0.6 is 15.9 Å². The third-order valence-corrected chi connectivity index (χ3v) is 3.69. The summed E-state index contributed by atoms with van der Waals surface area (Å²) in [5, 5.41) is 12.9. The standard InChI is InChI=1S/C11H14BrNO4/c1-7-11(15,3-5-16-7)6-13-10(14)8-2-4-17-9(8)12/h2,4,7,15H,3,5-6H2,1H3,(H,13,14). The SMILES string of the molecule is CC1OCCC1(O)CNC(=O)c1ccoc1Br. The minimum Gasteiger partial charge on any atom is -0.457 e. The molecule has 1 fully saturated rings. The predicted octanol–water partition coefficient (Wildman–Crippen LogP) is 1.31. The predicted molar refractivity (Wildman–Crippen MR) is 63.7 cm³/mol. The van der Waals surface area contributed by atoms with E-state index in [0.717, 1.165) is 0 Å². The van der Waals surface area contributed by atoms with Crippen molar-refractivity contribution in [1.82, 2.24) is 5.32 Å². The molecule has 2 atom stereocenters. The summed E-state index contributed by atoms with van der Waals surface area (Å²) in [6.07, 6.45) is 1.69. The van der Waals surface area contributed by atoms with Crippen molar-refractivity contribution in [2.75, 3.05) is 13.2 Å². The molecule has 2 unspecified atom stereocenters. The number of aliphatic hydroxyl groups is 1. The van der Waals surface area contributed by atoms with Crippen LogP contribution in [0.15, 0.2) is 21.4 Å². The van der Waals surface area contributed by atoms with Crippen LogP contribution in [0.25, 0.3) is 0 Å². The lowest BCUT2D eigenvalue weighted by molar-refractivity contribution is -0.0251. The van der Waals surface area contributed by atoms with E-state index in [9.17, 15) is 9.90 Å². The van der Waals surface area contributed by atoms with Crippen molar-refractivity contribution >= 4 is 21.8 Å². The van der Waals surface area contributed by atoms with Crippen LogP contribution in [-0.2, 0) is 4.74 Å². The molecule has 2 heterocycles. The smallest absolute Gasteiger partial charge is 0.255 e. The molecule has 2 N–H and O–H groups in total. The van der Waals surface area contributed by atoms with E-state index in [-0.39, 0.29) is 18.6 Å². The van der Waals surface area contributed by atoms with E-state index in [1.807, 2.05) is 0 Å². The van der Waals surface area contributed by atoms with Gasteiger partial charge in [-0.25, -0.2) is 0 Å². The molecular formula is C11H14BrNO4. The summed E-state index contributed by atoms with van der Waals surface area (Å²) in [5.41, 5.74) is -0.563. The molecule has 1 aromatic rings. The molecule has 1 amide bonds. The number of carbonyl (C=O) groups excluding carboxylic acids is 1. The third kappa shape index (κ3) is 2.53. The minimum atomic E-state index is -0.980. The Morgan fingerprint density at radius 2 is 2.53 bits per heavy atom. The molecule has 94 valence electrons. The summed E-state index contributed by atoms with van der Waals surface area (Å²) < 4.78 is 10.6. The summed E-state index contributed by atoms with van der Waals surface area (Å²) in [4.78, 5) is 11.8. The van der Waals surface area contributed by atoms with Gasteiger partial charge in [0.25, 0.3) is 5.91 Å². The highest BCUT2D eigenvalue weighted by Crippen LogP contribution is 2.25. The molecule has 1 aromatic heterocycles. The number of amides is 1. The van der Waals surface area contributed by atoms with Crippen molar-refractivity contribution in [3.05, 3.63) is 22.6 Å². The van der Waals surface area contributed by atoms with Crippen LogP contribution in [0.5, 0.6) is 0 Å². The Balaban J connectivity index is 1.95. The Bertz CT molecular complexity index is 419. The van der Waals surface area contributed by atoms with Crippen molar-refractivity contribution in [2.45, 2.75) is 25.0 Å². The van der Waals surface area contributed by atoms with E-state index in [4.69, 9.17) is 9.15 Å². The van der Waals surface area contributed by atoms with Crippen molar-refractivity contribution in [3.8, 4) is 0 Å². The average molecular weight is 304 g/mol. The van der Waals surface area contributed by atoms with E-state index in [1.165, 1.54) is 6.26 Å². The fourth-order valence-electron chi connectivity index (χ4n) is 1.79. The Morgan fingerprint density at radius 3 is 3.06 bits per heavy atom. The van der Waals surface area contributed by atoms with Crippen molar-refractivity contribution in [2.24, 2.45) is 0 Å². The molecule has 17 heavy (non-hydrogen) atoms. The van der Waals surface area contributed by atoms with E-state index in [2.05, 4.69) is 21.2 Å². The van der Waals surface area contributed by atoms with Gasteiger partial charge in [-0.3, -0.25) is 4.79 Å². The van der Waals surface area contributed by atoms with Gasteiger partial charge < -0.3 is 19.6 Å². The minimum absolute atomic E-state index is 0.171. The summed E-state index contributed by atoms with van der Waals surface area (Å²) in [5.74, 6) is -0.279. The highest BCUT2D eigenvalue weighted by Gasteiger charge is 2.39. The zero-order chi connectivity index (χ0) is 12.5. The number of rotatable bonds is 3. The topological polar surface area (TPSA) is 71.7 Å². The number of nitrogens with one attached hydrogen (secondary N) is 1. The first kappa shape index (κ1) is 12.6. The normalized spacial score (nSPS) is 28.3. The van der Waals surface area contributed by atoms with Gasteiger partial charge in [-0.15, -0.1) is 0 Å². The summed E-state index contributed by atoms with van der Waals surface area (Å²) in [7, 11) is 0. The van der Waals surface area contributed by atoms with Crippen molar-refractivity contribution in [1.29, 1.82) is 0 Å². The summed E-state index contributed by atoms with van der Waals surface area (Å²) in [6.45, 7) is 2.49. The van der Waals surface area contributed by atoms with E-state index >= 15 is 0 Å². The average Bonchev–Trinajstić information content (AvgIpc) is 2.84. The molecule has 0 spiro atoms. The van der Waals surface area contributed by atoms with E-state index in [0.29, 0.717) is 23.3 Å². The zero-order valence-electron chi connectivity index (χ0n) is 9.40. The largest absolute Gasteiger partial charge is 0.457 e. The Kier molecular flexibility index (Phi) is 3.56. The van der Waals surface area contributed by atoms with Gasteiger partial charge in [0.2, 0.25) is 0 Å². The lowest BCUT2D eigenvalue weighted by Crippen LogP contribution is -2.47. The van der Waals surface area contributed by atoms with Crippen LogP contribution in [0.1, 0.15) is 23.7 Å². The second kappa shape index (κ2) is 4.80. The first-order chi connectivity index (χ1) is 8.03. The summed E-state index contributed by atoms with van der Waals surface area (Å²) >= 11 is 3.13. The molecule has 6 heteroatoms. The second-order valence-corrected chi connectivity index (χ2v) is 4.88. The molecule has 1 aliphatic heterocycles. The zero-order valence-corrected chi connectivity index (χ0v) is 11.0. The molecule has 0 radical (unpaired) electrons. The monoisotopic (exact) mass is 303 g/mol. The van der Waals surface area contributed by atoms with Gasteiger partial charge >= 0.3 is 0 Å². The first-order valence-electron chi connectivity index (χ1n) is 5.38. The Labute approximate surface area is 107 Å². The van der Waals surface area contributed by atoms with Crippen molar-refractivity contribution in [3.63, 3.8) is 0 Å². The molecule has 1 aliphatic rings. The number of hydrogen-bond acceptors (Lipinski definition) is 4. The van der Waals surface area contributed by atoms with E-state index < -0.39 is 5.60 Å².